The van der Waals surface area contributed by atoms with E-state index in [0.29, 0.717) is 0 Å². The second-order valence-electron chi connectivity index (χ2n) is 5.79. The van der Waals surface area contributed by atoms with Crippen LogP contribution in [0.25, 0.3) is 0 Å². The summed E-state index contributed by atoms with van der Waals surface area (Å²) >= 11 is 0. The van der Waals surface area contributed by atoms with Crippen LogP contribution in [0.4, 0.5) is 0 Å². The molecule has 2 heteroatoms. The van der Waals surface area contributed by atoms with E-state index in [1.807, 2.05) is 0 Å². The highest BCUT2D eigenvalue weighted by molar-refractivity contribution is 5.14. The molecule has 0 bridgehead atoms. The summed E-state index contributed by atoms with van der Waals surface area (Å²) in [5.41, 5.74) is -0.434. The van der Waals surface area contributed by atoms with Crippen LogP contribution < -0.4 is 0 Å². The van der Waals surface area contributed by atoms with Gasteiger partial charge in [-0.1, -0.05) is 13.8 Å². The van der Waals surface area contributed by atoms with E-state index in [9.17, 15) is 5.11 Å². The standard InChI is InChI=1S/C13H22O2/c1-12(2)7-5-8-13(14,10-12)11-6-3-4-9-15-11/h6,14H,3-5,7-10H2,1-2H3. The lowest BCUT2D eigenvalue weighted by molar-refractivity contribution is -0.0545. The van der Waals surface area contributed by atoms with E-state index >= 15 is 0 Å². The Morgan fingerprint density at radius 1 is 1.27 bits per heavy atom. The predicted molar refractivity (Wildman–Crippen MR) is 60.5 cm³/mol. The van der Waals surface area contributed by atoms with Gasteiger partial charge in [-0.15, -0.1) is 0 Å². The molecule has 1 saturated carbocycles. The molecule has 0 aromatic rings. The number of rotatable bonds is 1. The Morgan fingerprint density at radius 2 is 2.07 bits per heavy atom. The molecule has 1 fully saturated rings. The van der Waals surface area contributed by atoms with Crippen molar-refractivity contribution in [2.75, 3.05) is 6.61 Å². The molecule has 2 rings (SSSR count). The van der Waals surface area contributed by atoms with Crippen LogP contribution in [0, 0.1) is 5.41 Å². The molecular weight excluding hydrogens is 188 g/mol. The molecule has 86 valence electrons. The molecule has 15 heavy (non-hydrogen) atoms. The van der Waals surface area contributed by atoms with Gasteiger partial charge in [0.2, 0.25) is 0 Å². The van der Waals surface area contributed by atoms with Gasteiger partial charge in [0, 0.05) is 0 Å². The van der Waals surface area contributed by atoms with E-state index in [2.05, 4.69) is 19.9 Å². The fourth-order valence-corrected chi connectivity index (χ4v) is 2.92. The van der Waals surface area contributed by atoms with Gasteiger partial charge < -0.3 is 9.84 Å². The summed E-state index contributed by atoms with van der Waals surface area (Å²) in [7, 11) is 0. The zero-order valence-electron chi connectivity index (χ0n) is 9.88. The normalized spacial score (nSPS) is 35.5. The van der Waals surface area contributed by atoms with Gasteiger partial charge in [-0.2, -0.15) is 0 Å². The van der Waals surface area contributed by atoms with Gasteiger partial charge in [-0.25, -0.2) is 0 Å². The number of allylic oxidation sites excluding steroid dienone is 1. The van der Waals surface area contributed by atoms with Crippen LogP contribution in [-0.2, 0) is 4.74 Å². The van der Waals surface area contributed by atoms with Crippen molar-refractivity contribution in [1.29, 1.82) is 0 Å². The Hall–Kier alpha value is -0.500. The van der Waals surface area contributed by atoms with Gasteiger partial charge in [0.15, 0.2) is 0 Å². The van der Waals surface area contributed by atoms with Crippen molar-refractivity contribution in [3.05, 3.63) is 11.8 Å². The van der Waals surface area contributed by atoms with E-state index in [-0.39, 0.29) is 5.41 Å². The molecule has 0 saturated heterocycles. The van der Waals surface area contributed by atoms with Gasteiger partial charge >= 0.3 is 0 Å². The third-order valence-corrected chi connectivity index (χ3v) is 3.61. The fraction of sp³-hybridized carbons (Fsp3) is 0.846. The Balaban J connectivity index is 2.14. The highest BCUT2D eigenvalue weighted by atomic mass is 16.5. The lowest BCUT2D eigenvalue weighted by Crippen LogP contribution is -2.41. The van der Waals surface area contributed by atoms with Gasteiger partial charge in [-0.05, 0) is 50.0 Å². The van der Waals surface area contributed by atoms with Crippen molar-refractivity contribution in [2.24, 2.45) is 5.41 Å². The predicted octanol–water partition coefficient (Wildman–Crippen LogP) is 3.01. The summed E-state index contributed by atoms with van der Waals surface area (Å²) in [4.78, 5) is 0. The lowest BCUT2D eigenvalue weighted by Gasteiger charge is -2.43. The van der Waals surface area contributed by atoms with Crippen molar-refractivity contribution in [2.45, 2.75) is 58.0 Å². The maximum Gasteiger partial charge on any atom is 0.124 e. The number of aliphatic hydroxyl groups is 1. The Labute approximate surface area is 92.3 Å². The minimum atomic E-state index is -0.678. The van der Waals surface area contributed by atoms with Crippen LogP contribution in [0.2, 0.25) is 0 Å². The summed E-state index contributed by atoms with van der Waals surface area (Å²) in [5, 5.41) is 10.6. The van der Waals surface area contributed by atoms with Gasteiger partial charge in [0.05, 0.1) is 6.61 Å². The summed E-state index contributed by atoms with van der Waals surface area (Å²) < 4.78 is 5.62. The summed E-state index contributed by atoms with van der Waals surface area (Å²) in [5.74, 6) is 0.849. The molecule has 2 aliphatic rings. The Bertz CT molecular complexity index is 268. The van der Waals surface area contributed by atoms with E-state index in [1.165, 1.54) is 6.42 Å². The lowest BCUT2D eigenvalue weighted by atomic mass is 9.69. The highest BCUT2D eigenvalue weighted by Crippen LogP contribution is 2.45. The first-order valence-corrected chi connectivity index (χ1v) is 6.08. The van der Waals surface area contributed by atoms with E-state index in [0.717, 1.165) is 44.5 Å². The van der Waals surface area contributed by atoms with E-state index in [1.54, 1.807) is 0 Å². The number of ether oxygens (including phenoxy) is 1. The first-order chi connectivity index (χ1) is 7.02. The molecule has 1 unspecified atom stereocenters. The number of hydrogen-bond donors (Lipinski definition) is 1. The van der Waals surface area contributed by atoms with Gasteiger partial charge in [-0.3, -0.25) is 0 Å². The third kappa shape index (κ3) is 2.36. The maximum atomic E-state index is 10.6. The molecular formula is C13H22O2. The van der Waals surface area contributed by atoms with Crippen molar-refractivity contribution < 1.29 is 9.84 Å². The molecule has 1 heterocycles. The van der Waals surface area contributed by atoms with Crippen LogP contribution >= 0.6 is 0 Å². The molecule has 0 radical (unpaired) electrons. The zero-order valence-corrected chi connectivity index (χ0v) is 9.88. The molecule has 1 atom stereocenters. The monoisotopic (exact) mass is 210 g/mol. The fourth-order valence-electron chi connectivity index (χ4n) is 2.92. The van der Waals surface area contributed by atoms with E-state index < -0.39 is 5.60 Å². The van der Waals surface area contributed by atoms with Crippen molar-refractivity contribution >= 4 is 0 Å². The van der Waals surface area contributed by atoms with Gasteiger partial charge in [0.1, 0.15) is 11.4 Å². The molecule has 0 amide bonds. The summed E-state index contributed by atoms with van der Waals surface area (Å²) in [6, 6.07) is 0. The van der Waals surface area contributed by atoms with Crippen LogP contribution in [0.15, 0.2) is 11.8 Å². The second-order valence-corrected chi connectivity index (χ2v) is 5.79. The maximum absolute atomic E-state index is 10.6. The molecule has 1 aliphatic carbocycles. The Kier molecular flexibility index (Phi) is 2.80. The van der Waals surface area contributed by atoms with Crippen LogP contribution in [0.5, 0.6) is 0 Å². The van der Waals surface area contributed by atoms with Crippen LogP contribution in [0.3, 0.4) is 0 Å². The minimum absolute atomic E-state index is 0.245. The highest BCUT2D eigenvalue weighted by Gasteiger charge is 2.42. The second kappa shape index (κ2) is 3.82. The van der Waals surface area contributed by atoms with Gasteiger partial charge in [0.25, 0.3) is 0 Å². The first kappa shape index (κ1) is 11.0. The Morgan fingerprint density at radius 3 is 2.67 bits per heavy atom. The molecule has 2 nitrogen and oxygen atoms in total. The van der Waals surface area contributed by atoms with E-state index in [4.69, 9.17) is 4.74 Å². The quantitative estimate of drug-likeness (QED) is 0.721. The summed E-state index contributed by atoms with van der Waals surface area (Å²) in [6.45, 7) is 5.25. The molecule has 1 aliphatic heterocycles. The molecule has 0 aromatic carbocycles. The first-order valence-electron chi connectivity index (χ1n) is 6.08. The van der Waals surface area contributed by atoms with Crippen molar-refractivity contribution in [3.63, 3.8) is 0 Å². The van der Waals surface area contributed by atoms with Crippen molar-refractivity contribution in [3.8, 4) is 0 Å². The third-order valence-electron chi connectivity index (χ3n) is 3.61. The molecule has 0 spiro atoms. The average Bonchev–Trinajstić information content (AvgIpc) is 2.17. The molecule has 0 aromatic heterocycles. The average molecular weight is 210 g/mol. The SMILES string of the molecule is CC1(C)CCCC(O)(C2=CCCCO2)C1. The van der Waals surface area contributed by atoms with Crippen LogP contribution in [0.1, 0.15) is 52.4 Å². The minimum Gasteiger partial charge on any atom is -0.495 e. The van der Waals surface area contributed by atoms with Crippen LogP contribution in [-0.4, -0.2) is 17.3 Å². The largest absolute Gasteiger partial charge is 0.495 e. The van der Waals surface area contributed by atoms with Crippen molar-refractivity contribution in [1.82, 2.24) is 0 Å². The number of hydrogen-bond acceptors (Lipinski definition) is 2. The smallest absolute Gasteiger partial charge is 0.124 e. The zero-order chi connectivity index (χ0) is 10.9. The summed E-state index contributed by atoms with van der Waals surface area (Å²) in [6.07, 6.45) is 8.24. The molecule has 1 N–H and O–H groups in total. The topological polar surface area (TPSA) is 29.5 Å².